The molecule has 0 spiro atoms. The fourth-order valence-corrected chi connectivity index (χ4v) is 2.83. The molecule has 0 radical (unpaired) electrons. The molecule has 1 unspecified atom stereocenters. The van der Waals surface area contributed by atoms with Crippen LogP contribution in [-0.4, -0.2) is 25.2 Å². The number of rotatable bonds is 5. The Hall–Kier alpha value is -2.67. The minimum atomic E-state index is -0.367. The first-order valence-electron chi connectivity index (χ1n) is 7.90. The maximum absolute atomic E-state index is 12.4. The fourth-order valence-electron chi connectivity index (χ4n) is 2.83. The van der Waals surface area contributed by atoms with Gasteiger partial charge in [-0.05, 0) is 12.5 Å². The van der Waals surface area contributed by atoms with E-state index in [1.807, 2.05) is 18.2 Å². The standard InChI is InChI=1S/C17H21N5O2.CH4/c1-12(13-7-5-4-6-8-13)18-9-10-22-11-19-15-14(22)16(23)21(3)17(24)20(15)2;/h4-8,11-12,18H,9-10H2,1-3H3;1H4. The molecule has 0 amide bonds. The molecule has 3 aromatic rings. The van der Waals surface area contributed by atoms with Gasteiger partial charge in [-0.1, -0.05) is 37.8 Å². The van der Waals surface area contributed by atoms with Gasteiger partial charge in [-0.3, -0.25) is 13.9 Å². The maximum atomic E-state index is 12.4. The lowest BCUT2D eigenvalue weighted by Crippen LogP contribution is -2.37. The van der Waals surface area contributed by atoms with Gasteiger partial charge in [0.25, 0.3) is 5.56 Å². The van der Waals surface area contributed by atoms with Crippen LogP contribution >= 0.6 is 0 Å². The van der Waals surface area contributed by atoms with E-state index in [9.17, 15) is 9.59 Å². The van der Waals surface area contributed by atoms with Gasteiger partial charge in [-0.25, -0.2) is 9.78 Å². The van der Waals surface area contributed by atoms with Crippen LogP contribution in [0.5, 0.6) is 0 Å². The molecule has 0 aliphatic carbocycles. The minimum absolute atomic E-state index is 0. The molecule has 3 rings (SSSR count). The molecule has 2 aromatic heterocycles. The van der Waals surface area contributed by atoms with E-state index in [1.54, 1.807) is 17.9 Å². The van der Waals surface area contributed by atoms with Crippen LogP contribution in [0, 0.1) is 0 Å². The van der Waals surface area contributed by atoms with E-state index in [0.717, 1.165) is 4.57 Å². The Kier molecular flexibility index (Phi) is 5.58. The summed E-state index contributed by atoms with van der Waals surface area (Å²) >= 11 is 0. The van der Waals surface area contributed by atoms with E-state index in [-0.39, 0.29) is 24.7 Å². The summed E-state index contributed by atoms with van der Waals surface area (Å²) in [4.78, 5) is 28.5. The van der Waals surface area contributed by atoms with Crippen molar-refractivity contribution in [3.8, 4) is 0 Å². The van der Waals surface area contributed by atoms with Crippen molar-refractivity contribution in [1.82, 2.24) is 24.0 Å². The molecule has 0 fully saturated rings. The van der Waals surface area contributed by atoms with Crippen molar-refractivity contribution in [3.63, 3.8) is 0 Å². The molecular weight excluding hydrogens is 318 g/mol. The monoisotopic (exact) mass is 343 g/mol. The van der Waals surface area contributed by atoms with Crippen molar-refractivity contribution in [2.75, 3.05) is 6.54 Å². The van der Waals surface area contributed by atoms with Crippen LogP contribution in [0.15, 0.2) is 46.2 Å². The number of aromatic nitrogens is 4. The molecule has 134 valence electrons. The highest BCUT2D eigenvalue weighted by atomic mass is 16.2. The third-order valence-corrected chi connectivity index (χ3v) is 4.32. The van der Waals surface area contributed by atoms with Crippen molar-refractivity contribution in [2.24, 2.45) is 14.1 Å². The molecular formula is C18H25N5O2. The van der Waals surface area contributed by atoms with E-state index < -0.39 is 0 Å². The van der Waals surface area contributed by atoms with Crippen LogP contribution in [-0.2, 0) is 20.6 Å². The van der Waals surface area contributed by atoms with Crippen LogP contribution in [0.2, 0.25) is 0 Å². The van der Waals surface area contributed by atoms with Crippen molar-refractivity contribution >= 4 is 11.2 Å². The Labute approximate surface area is 146 Å². The Morgan fingerprint density at radius 3 is 2.48 bits per heavy atom. The highest BCUT2D eigenvalue weighted by molar-refractivity contribution is 5.69. The van der Waals surface area contributed by atoms with Crippen LogP contribution in [0.4, 0.5) is 0 Å². The Morgan fingerprint density at radius 1 is 1.12 bits per heavy atom. The van der Waals surface area contributed by atoms with E-state index >= 15 is 0 Å². The number of fused-ring (bicyclic) bond motifs is 1. The Bertz CT molecular complexity index is 969. The average molecular weight is 343 g/mol. The van der Waals surface area contributed by atoms with Gasteiger partial charge in [-0.2, -0.15) is 0 Å². The Morgan fingerprint density at radius 2 is 1.80 bits per heavy atom. The average Bonchev–Trinajstić information content (AvgIpc) is 3.03. The predicted octanol–water partition coefficient (Wildman–Crippen LogP) is 1.42. The zero-order valence-corrected chi connectivity index (χ0v) is 14.1. The normalized spacial score (nSPS) is 12.1. The lowest BCUT2D eigenvalue weighted by Gasteiger charge is -2.14. The molecule has 25 heavy (non-hydrogen) atoms. The number of hydrogen-bond donors (Lipinski definition) is 1. The van der Waals surface area contributed by atoms with Gasteiger partial charge in [0.2, 0.25) is 0 Å². The lowest BCUT2D eigenvalue weighted by atomic mass is 10.1. The van der Waals surface area contributed by atoms with Crippen LogP contribution in [0.1, 0.15) is 26.0 Å². The quantitative estimate of drug-likeness (QED) is 0.760. The van der Waals surface area contributed by atoms with Crippen molar-refractivity contribution in [3.05, 3.63) is 63.1 Å². The van der Waals surface area contributed by atoms with Gasteiger partial charge >= 0.3 is 5.69 Å². The van der Waals surface area contributed by atoms with E-state index in [2.05, 4.69) is 29.4 Å². The first-order chi connectivity index (χ1) is 11.5. The zero-order valence-electron chi connectivity index (χ0n) is 14.1. The van der Waals surface area contributed by atoms with E-state index in [0.29, 0.717) is 24.3 Å². The Balaban J connectivity index is 0.00000225. The number of hydrogen-bond acceptors (Lipinski definition) is 4. The summed E-state index contributed by atoms with van der Waals surface area (Å²) in [6.45, 7) is 3.39. The topological polar surface area (TPSA) is 73.8 Å². The smallest absolute Gasteiger partial charge is 0.323 e. The van der Waals surface area contributed by atoms with Crippen molar-refractivity contribution < 1.29 is 0 Å². The first-order valence-corrected chi connectivity index (χ1v) is 7.90. The second kappa shape index (κ2) is 7.48. The number of benzene rings is 1. The third kappa shape index (κ3) is 3.41. The van der Waals surface area contributed by atoms with E-state index in [4.69, 9.17) is 0 Å². The summed E-state index contributed by atoms with van der Waals surface area (Å²) in [6.07, 6.45) is 1.61. The van der Waals surface area contributed by atoms with Gasteiger partial charge < -0.3 is 9.88 Å². The first kappa shape index (κ1) is 18.7. The number of imidazole rings is 1. The summed E-state index contributed by atoms with van der Waals surface area (Å²) in [5.41, 5.74) is 1.40. The van der Waals surface area contributed by atoms with E-state index in [1.165, 1.54) is 17.2 Å². The zero-order chi connectivity index (χ0) is 17.3. The summed E-state index contributed by atoms with van der Waals surface area (Å²) in [5, 5.41) is 3.44. The molecule has 0 saturated heterocycles. The predicted molar refractivity (Wildman–Crippen MR) is 99.8 cm³/mol. The fraction of sp³-hybridized carbons (Fsp3) is 0.389. The summed E-state index contributed by atoms with van der Waals surface area (Å²) in [5.74, 6) is 0. The molecule has 0 bridgehead atoms. The molecule has 7 heteroatoms. The molecule has 0 aliphatic heterocycles. The van der Waals surface area contributed by atoms with Crippen LogP contribution < -0.4 is 16.6 Å². The molecule has 1 N–H and O–H groups in total. The SMILES string of the molecule is C.CC(NCCn1cnc2c1c(=O)n(C)c(=O)n2C)c1ccccc1. The molecule has 1 aromatic carbocycles. The second-order valence-corrected chi connectivity index (χ2v) is 5.90. The van der Waals surface area contributed by atoms with Gasteiger partial charge in [-0.15, -0.1) is 0 Å². The number of aryl methyl sites for hydroxylation is 1. The maximum Gasteiger partial charge on any atom is 0.332 e. The summed E-state index contributed by atoms with van der Waals surface area (Å²) in [6, 6.07) is 10.4. The molecule has 1 atom stereocenters. The third-order valence-electron chi connectivity index (χ3n) is 4.32. The molecule has 2 heterocycles. The largest absolute Gasteiger partial charge is 0.332 e. The number of nitrogens with zero attached hydrogens (tertiary/aromatic N) is 4. The minimum Gasteiger partial charge on any atom is -0.323 e. The highest BCUT2D eigenvalue weighted by Crippen LogP contribution is 2.11. The molecule has 0 aliphatic rings. The van der Waals surface area contributed by atoms with Gasteiger partial charge in [0.15, 0.2) is 11.2 Å². The lowest BCUT2D eigenvalue weighted by molar-refractivity contribution is 0.535. The van der Waals surface area contributed by atoms with Crippen LogP contribution in [0.3, 0.4) is 0 Å². The van der Waals surface area contributed by atoms with Gasteiger partial charge in [0.05, 0.1) is 6.33 Å². The molecule has 7 nitrogen and oxygen atoms in total. The summed E-state index contributed by atoms with van der Waals surface area (Å²) in [7, 11) is 3.11. The van der Waals surface area contributed by atoms with Crippen molar-refractivity contribution in [1.29, 1.82) is 0 Å². The molecule has 0 saturated carbocycles. The summed E-state index contributed by atoms with van der Waals surface area (Å²) < 4.78 is 4.30. The van der Waals surface area contributed by atoms with Gasteiger partial charge in [0.1, 0.15) is 0 Å². The highest BCUT2D eigenvalue weighted by Gasteiger charge is 2.14. The van der Waals surface area contributed by atoms with Gasteiger partial charge in [0, 0.05) is 33.2 Å². The second-order valence-electron chi connectivity index (χ2n) is 5.90. The number of nitrogens with one attached hydrogen (secondary N) is 1. The van der Waals surface area contributed by atoms with Crippen LogP contribution in [0.25, 0.3) is 11.2 Å². The van der Waals surface area contributed by atoms with Crippen molar-refractivity contribution in [2.45, 2.75) is 26.9 Å².